The number of aliphatic hydroxyl groups is 7. The Bertz CT molecular complexity index is 494. The van der Waals surface area contributed by atoms with Crippen LogP contribution in [0.5, 0.6) is 0 Å². The Morgan fingerprint density at radius 2 is 1.21 bits per heavy atom. The monoisotopic (exact) mass is 420 g/mol. The van der Waals surface area contributed by atoms with Gasteiger partial charge in [0.05, 0.1) is 38.0 Å². The van der Waals surface area contributed by atoms with Gasteiger partial charge in [-0.3, -0.25) is 0 Å². The van der Waals surface area contributed by atoms with E-state index >= 15 is 0 Å². The summed E-state index contributed by atoms with van der Waals surface area (Å²) in [6.45, 7) is -2.21. The molecule has 12 nitrogen and oxygen atoms in total. The van der Waals surface area contributed by atoms with Gasteiger partial charge in [0.2, 0.25) is 0 Å². The zero-order valence-electron chi connectivity index (χ0n) is 15.3. The van der Waals surface area contributed by atoms with Crippen molar-refractivity contribution in [1.29, 1.82) is 0 Å². The summed E-state index contributed by atoms with van der Waals surface area (Å²) in [5.41, 5.74) is 0. The summed E-state index contributed by atoms with van der Waals surface area (Å²) in [6.07, 6.45) is -14.2. The molecule has 0 aromatic rings. The van der Waals surface area contributed by atoms with Crippen LogP contribution in [0.1, 0.15) is 6.42 Å². The van der Waals surface area contributed by atoms with Crippen LogP contribution in [-0.4, -0.2) is 123 Å². The van der Waals surface area contributed by atoms with E-state index in [1.54, 1.807) is 0 Å². The number of carboxylic acids is 1. The fraction of sp³-hybridized carbons (Fsp3) is 0.933. The van der Waals surface area contributed by atoms with Gasteiger partial charge in [0.15, 0.2) is 0 Å². The zero-order chi connectivity index (χ0) is 20.3. The second-order valence-corrected chi connectivity index (χ2v) is 6.63. The molecule has 0 aromatic carbocycles. The summed E-state index contributed by atoms with van der Waals surface area (Å²) in [7, 11) is 0. The zero-order valence-corrected chi connectivity index (χ0v) is 17.3. The van der Waals surface area contributed by atoms with Gasteiger partial charge >= 0.3 is 29.6 Å². The van der Waals surface area contributed by atoms with Gasteiger partial charge in [-0.1, -0.05) is 0 Å². The van der Waals surface area contributed by atoms with Crippen LogP contribution < -0.4 is 34.7 Å². The summed E-state index contributed by atoms with van der Waals surface area (Å²) in [5.74, 6) is -1.58. The van der Waals surface area contributed by atoms with Crippen molar-refractivity contribution in [2.24, 2.45) is 0 Å². The summed E-state index contributed by atoms with van der Waals surface area (Å²) in [5, 5.41) is 79.3. The first-order valence-electron chi connectivity index (χ1n) is 8.45. The summed E-state index contributed by atoms with van der Waals surface area (Å²) < 4.78 is 15.7. The van der Waals surface area contributed by atoms with E-state index < -0.39 is 86.8 Å². The summed E-state index contributed by atoms with van der Waals surface area (Å²) >= 11 is 0. The SMILES string of the molecule is O=C([O-])CO[C@@H]1[C@@H](O)[C@H](C[C@H]2O[C@H](CO)[C@@H](O)[C@H](O)[C@@H]2O)O[C@H](CO)[C@@H]1O.[Na+]. The molecule has 0 saturated carbocycles. The van der Waals surface area contributed by atoms with Crippen LogP contribution in [0.4, 0.5) is 0 Å². The van der Waals surface area contributed by atoms with Gasteiger partial charge < -0.3 is 59.9 Å². The number of carbonyl (C=O) groups excluding carboxylic acids is 1. The average Bonchev–Trinajstić information content (AvgIpc) is 2.63. The van der Waals surface area contributed by atoms with Crippen LogP contribution in [0.2, 0.25) is 0 Å². The topological polar surface area (TPSA) is 209 Å². The van der Waals surface area contributed by atoms with Crippen LogP contribution in [0.3, 0.4) is 0 Å². The molecule has 2 aliphatic heterocycles. The Morgan fingerprint density at radius 3 is 1.71 bits per heavy atom. The smallest absolute Gasteiger partial charge is 0.548 e. The predicted molar refractivity (Wildman–Crippen MR) is 80.9 cm³/mol. The number of aliphatic carboxylic acids is 1. The van der Waals surface area contributed by atoms with Gasteiger partial charge in [0.25, 0.3) is 0 Å². The van der Waals surface area contributed by atoms with Crippen molar-refractivity contribution >= 4 is 5.97 Å². The molecule has 0 bridgehead atoms. The molecule has 10 atom stereocenters. The van der Waals surface area contributed by atoms with Crippen molar-refractivity contribution < 1.29 is 89.4 Å². The van der Waals surface area contributed by atoms with E-state index in [4.69, 9.17) is 14.2 Å². The van der Waals surface area contributed by atoms with E-state index in [2.05, 4.69) is 0 Å². The third-order valence-corrected chi connectivity index (χ3v) is 4.81. The number of aliphatic hydroxyl groups excluding tert-OH is 7. The average molecular weight is 420 g/mol. The molecular formula is C15H25NaO12. The summed E-state index contributed by atoms with van der Waals surface area (Å²) in [6, 6.07) is 0. The maximum Gasteiger partial charge on any atom is 1.00 e. The van der Waals surface area contributed by atoms with Crippen molar-refractivity contribution in [1.82, 2.24) is 0 Å². The van der Waals surface area contributed by atoms with Crippen molar-refractivity contribution in [3.8, 4) is 0 Å². The predicted octanol–water partition coefficient (Wildman–Crippen LogP) is -9.16. The van der Waals surface area contributed by atoms with Gasteiger partial charge in [0.1, 0.15) is 48.8 Å². The molecule has 13 heteroatoms. The summed E-state index contributed by atoms with van der Waals surface area (Å²) in [4.78, 5) is 10.6. The van der Waals surface area contributed by atoms with Crippen molar-refractivity contribution in [2.75, 3.05) is 19.8 Å². The number of rotatable bonds is 7. The number of hydrogen-bond donors (Lipinski definition) is 7. The number of ether oxygens (including phenoxy) is 3. The first-order chi connectivity index (χ1) is 12.7. The quantitative estimate of drug-likeness (QED) is 0.192. The molecule has 2 aliphatic rings. The van der Waals surface area contributed by atoms with Crippen LogP contribution in [-0.2, 0) is 19.0 Å². The Labute approximate surface area is 182 Å². The molecular weight excluding hydrogens is 395 g/mol. The molecule has 7 N–H and O–H groups in total. The minimum Gasteiger partial charge on any atom is -0.548 e. The molecule has 2 heterocycles. The van der Waals surface area contributed by atoms with E-state index in [0.29, 0.717) is 0 Å². The third-order valence-electron chi connectivity index (χ3n) is 4.81. The van der Waals surface area contributed by atoms with E-state index in [-0.39, 0.29) is 36.0 Å². The number of carboxylic acid groups (broad SMARTS) is 1. The van der Waals surface area contributed by atoms with Gasteiger partial charge in [-0.15, -0.1) is 0 Å². The fourth-order valence-electron chi connectivity index (χ4n) is 3.32. The van der Waals surface area contributed by atoms with Crippen molar-refractivity contribution in [3.63, 3.8) is 0 Å². The fourth-order valence-corrected chi connectivity index (χ4v) is 3.32. The van der Waals surface area contributed by atoms with E-state index in [1.807, 2.05) is 0 Å². The molecule has 0 amide bonds. The van der Waals surface area contributed by atoms with Crippen LogP contribution in [0, 0.1) is 0 Å². The van der Waals surface area contributed by atoms with Gasteiger partial charge in [-0.05, 0) is 0 Å². The van der Waals surface area contributed by atoms with E-state index in [1.165, 1.54) is 0 Å². The third kappa shape index (κ3) is 5.82. The molecule has 158 valence electrons. The molecule has 2 rings (SSSR count). The minimum atomic E-state index is -1.62. The normalized spacial score (nSPS) is 44.0. The molecule has 0 spiro atoms. The van der Waals surface area contributed by atoms with E-state index in [9.17, 15) is 45.6 Å². The Kier molecular flexibility index (Phi) is 10.7. The Morgan fingerprint density at radius 1 is 0.786 bits per heavy atom. The second-order valence-electron chi connectivity index (χ2n) is 6.63. The van der Waals surface area contributed by atoms with E-state index in [0.717, 1.165) is 0 Å². The molecule has 2 fully saturated rings. The molecule has 0 radical (unpaired) electrons. The van der Waals surface area contributed by atoms with Crippen molar-refractivity contribution in [3.05, 3.63) is 0 Å². The number of hydrogen-bond acceptors (Lipinski definition) is 12. The first-order valence-corrected chi connectivity index (χ1v) is 8.45. The Balaban J connectivity index is 0.00000392. The van der Waals surface area contributed by atoms with Gasteiger partial charge in [-0.25, -0.2) is 0 Å². The number of carbonyl (C=O) groups is 1. The largest absolute Gasteiger partial charge is 1.00 e. The van der Waals surface area contributed by atoms with Crippen LogP contribution in [0.15, 0.2) is 0 Å². The molecule has 0 unspecified atom stereocenters. The van der Waals surface area contributed by atoms with Crippen LogP contribution in [0.25, 0.3) is 0 Å². The van der Waals surface area contributed by atoms with Crippen LogP contribution >= 0.6 is 0 Å². The van der Waals surface area contributed by atoms with Gasteiger partial charge in [-0.2, -0.15) is 0 Å². The maximum absolute atomic E-state index is 10.6. The second kappa shape index (κ2) is 11.5. The molecule has 28 heavy (non-hydrogen) atoms. The Hall–Kier alpha value is 0.0700. The molecule has 0 aromatic heterocycles. The van der Waals surface area contributed by atoms with Gasteiger partial charge in [0, 0.05) is 6.42 Å². The maximum atomic E-state index is 10.6. The van der Waals surface area contributed by atoms with Crippen molar-refractivity contribution in [2.45, 2.75) is 67.5 Å². The minimum absolute atomic E-state index is 0. The molecule has 0 aliphatic carbocycles. The molecule has 2 saturated heterocycles. The first kappa shape index (κ1) is 26.1. The standard InChI is InChI=1S/C15H26O12.Na/c16-2-7-11(21)14(24)10(20)5(26-7)1-6-12(22)15(25-4-9(18)19)13(23)8(3-17)27-6;/h5-8,10-17,20-24H,1-4H2,(H,18,19);/q;+1/p-1/t5-,6+,7-,8-,10-,11-,12+,13+,14-,15-;/m1./s1.